The number of benzene rings is 2. The number of hydrogen-bond acceptors (Lipinski definition) is 4. The number of ether oxygens (including phenoxy) is 1. The van der Waals surface area contributed by atoms with Crippen LogP contribution >= 0.6 is 11.6 Å². The number of hydrogen-bond donors (Lipinski definition) is 2. The van der Waals surface area contributed by atoms with Crippen LogP contribution in [0.4, 0.5) is 5.69 Å². The lowest BCUT2D eigenvalue weighted by molar-refractivity contribution is -0.114. The molecule has 1 amide bonds. The Labute approximate surface area is 152 Å². The van der Waals surface area contributed by atoms with Crippen molar-refractivity contribution >= 4 is 33.2 Å². The highest BCUT2D eigenvalue weighted by atomic mass is 35.5. The van der Waals surface area contributed by atoms with Crippen LogP contribution < -0.4 is 14.8 Å². The molecule has 2 rings (SSSR count). The second-order valence-corrected chi connectivity index (χ2v) is 7.59. The maximum atomic E-state index is 12.6. The Morgan fingerprint density at radius 1 is 1.16 bits per heavy atom. The zero-order chi connectivity index (χ0) is 18.6. The van der Waals surface area contributed by atoms with Crippen LogP contribution in [0.1, 0.15) is 25.5 Å². The molecule has 0 saturated carbocycles. The van der Waals surface area contributed by atoms with Crippen LogP contribution in [0.2, 0.25) is 5.02 Å². The predicted molar refractivity (Wildman–Crippen MR) is 97.5 cm³/mol. The molecule has 0 aliphatic rings. The van der Waals surface area contributed by atoms with E-state index in [-0.39, 0.29) is 16.5 Å². The van der Waals surface area contributed by atoms with Crippen molar-refractivity contribution in [3.8, 4) is 5.75 Å². The Morgan fingerprint density at radius 3 is 2.36 bits per heavy atom. The topological polar surface area (TPSA) is 84.5 Å². The van der Waals surface area contributed by atoms with Gasteiger partial charge in [-0.25, -0.2) is 13.1 Å². The Kier molecular flexibility index (Phi) is 6.05. The molecule has 0 fully saturated rings. The predicted octanol–water partition coefficient (Wildman–Crippen LogP) is 3.35. The molecule has 6 nitrogen and oxygen atoms in total. The summed E-state index contributed by atoms with van der Waals surface area (Å²) >= 11 is 5.85. The Balaban J connectivity index is 2.29. The van der Waals surface area contributed by atoms with E-state index in [1.165, 1.54) is 32.2 Å². The molecule has 0 heterocycles. The van der Waals surface area contributed by atoms with E-state index in [4.69, 9.17) is 16.3 Å². The largest absolute Gasteiger partial charge is 0.495 e. The molecule has 134 valence electrons. The summed E-state index contributed by atoms with van der Waals surface area (Å²) < 4.78 is 33.0. The van der Waals surface area contributed by atoms with E-state index in [2.05, 4.69) is 10.0 Å². The zero-order valence-electron chi connectivity index (χ0n) is 14.0. The third kappa shape index (κ3) is 4.94. The van der Waals surface area contributed by atoms with Crippen LogP contribution in [0.3, 0.4) is 0 Å². The summed E-state index contributed by atoms with van der Waals surface area (Å²) in [6, 6.07) is 10.7. The fourth-order valence-corrected chi connectivity index (χ4v) is 3.65. The summed E-state index contributed by atoms with van der Waals surface area (Å²) in [7, 11) is -2.35. The first-order valence-corrected chi connectivity index (χ1v) is 9.32. The maximum Gasteiger partial charge on any atom is 0.241 e. The van der Waals surface area contributed by atoms with Crippen LogP contribution in [0.5, 0.6) is 5.75 Å². The number of sulfonamides is 1. The van der Waals surface area contributed by atoms with Gasteiger partial charge in [-0.1, -0.05) is 23.7 Å². The van der Waals surface area contributed by atoms with Gasteiger partial charge in [0.2, 0.25) is 15.9 Å². The molecule has 0 saturated heterocycles. The molecule has 1 atom stereocenters. The van der Waals surface area contributed by atoms with Gasteiger partial charge in [0.1, 0.15) is 5.75 Å². The van der Waals surface area contributed by atoms with Gasteiger partial charge in [0.25, 0.3) is 0 Å². The van der Waals surface area contributed by atoms with Gasteiger partial charge < -0.3 is 10.1 Å². The highest BCUT2D eigenvalue weighted by Crippen LogP contribution is 2.28. The number of nitrogens with one attached hydrogen (secondary N) is 2. The first-order chi connectivity index (χ1) is 11.7. The van der Waals surface area contributed by atoms with Crippen LogP contribution in [0, 0.1) is 0 Å². The Morgan fingerprint density at radius 2 is 1.80 bits per heavy atom. The molecule has 0 spiro atoms. The molecule has 2 N–H and O–H groups in total. The van der Waals surface area contributed by atoms with E-state index < -0.39 is 16.1 Å². The summed E-state index contributed by atoms with van der Waals surface area (Å²) in [6.07, 6.45) is 0. The van der Waals surface area contributed by atoms with Gasteiger partial charge >= 0.3 is 0 Å². The summed E-state index contributed by atoms with van der Waals surface area (Å²) in [5.41, 5.74) is 1.07. The molecule has 0 aliphatic heterocycles. The van der Waals surface area contributed by atoms with Crippen molar-refractivity contribution in [2.45, 2.75) is 24.8 Å². The van der Waals surface area contributed by atoms with Crippen molar-refractivity contribution in [1.82, 2.24) is 4.72 Å². The molecule has 2 aromatic rings. The molecular formula is C17H19ClN2O4S. The minimum Gasteiger partial charge on any atom is -0.495 e. The van der Waals surface area contributed by atoms with Gasteiger partial charge in [0.05, 0.1) is 17.7 Å². The second kappa shape index (κ2) is 7.86. The van der Waals surface area contributed by atoms with Crippen LogP contribution in [-0.4, -0.2) is 21.4 Å². The van der Waals surface area contributed by atoms with Gasteiger partial charge in [-0.15, -0.1) is 0 Å². The van der Waals surface area contributed by atoms with Crippen molar-refractivity contribution in [3.63, 3.8) is 0 Å². The summed E-state index contributed by atoms with van der Waals surface area (Å²) in [6.45, 7) is 3.07. The van der Waals surface area contributed by atoms with E-state index >= 15 is 0 Å². The molecular weight excluding hydrogens is 364 g/mol. The van der Waals surface area contributed by atoms with Crippen LogP contribution in [0.15, 0.2) is 47.4 Å². The molecule has 1 unspecified atom stereocenters. The highest BCUT2D eigenvalue weighted by Gasteiger charge is 2.20. The van der Waals surface area contributed by atoms with E-state index in [1.807, 2.05) is 0 Å². The Bertz CT molecular complexity index is 867. The second-order valence-electron chi connectivity index (χ2n) is 5.44. The van der Waals surface area contributed by atoms with Crippen molar-refractivity contribution in [2.24, 2.45) is 0 Å². The van der Waals surface area contributed by atoms with Crippen molar-refractivity contribution in [2.75, 3.05) is 12.4 Å². The number of methoxy groups -OCH3 is 1. The van der Waals surface area contributed by atoms with Crippen LogP contribution in [-0.2, 0) is 14.8 Å². The minimum absolute atomic E-state index is 0.0258. The quantitative estimate of drug-likeness (QED) is 0.802. The minimum atomic E-state index is -3.79. The van der Waals surface area contributed by atoms with E-state index in [0.717, 1.165) is 5.56 Å². The molecule has 2 aromatic carbocycles. The van der Waals surface area contributed by atoms with E-state index in [9.17, 15) is 13.2 Å². The Hall–Kier alpha value is -2.09. The summed E-state index contributed by atoms with van der Waals surface area (Å²) in [4.78, 5) is 11.3. The monoisotopic (exact) mass is 382 g/mol. The number of amides is 1. The average Bonchev–Trinajstić information content (AvgIpc) is 2.54. The molecule has 0 aliphatic carbocycles. The molecule has 0 radical (unpaired) electrons. The molecule has 8 heteroatoms. The smallest absolute Gasteiger partial charge is 0.241 e. The van der Waals surface area contributed by atoms with Crippen molar-refractivity contribution in [3.05, 3.63) is 53.1 Å². The average molecular weight is 383 g/mol. The SMILES string of the molecule is COc1ccc(S(=O)(=O)NC(C)c2ccc(Cl)cc2)cc1NC(C)=O. The fourth-order valence-electron chi connectivity index (χ4n) is 2.26. The lowest BCUT2D eigenvalue weighted by Gasteiger charge is -2.16. The normalized spacial score (nSPS) is 12.5. The van der Waals surface area contributed by atoms with Gasteiger partial charge in [-0.2, -0.15) is 0 Å². The lowest BCUT2D eigenvalue weighted by atomic mass is 10.1. The van der Waals surface area contributed by atoms with Gasteiger partial charge in [0, 0.05) is 18.0 Å². The van der Waals surface area contributed by atoms with Gasteiger partial charge in [-0.3, -0.25) is 4.79 Å². The first kappa shape index (κ1) is 19.2. The number of rotatable bonds is 6. The number of carbonyl (C=O) groups is 1. The number of carbonyl (C=O) groups excluding carboxylic acids is 1. The van der Waals surface area contributed by atoms with Crippen molar-refractivity contribution in [1.29, 1.82) is 0 Å². The molecule has 25 heavy (non-hydrogen) atoms. The van der Waals surface area contributed by atoms with Crippen LogP contribution in [0.25, 0.3) is 0 Å². The number of halogens is 1. The maximum absolute atomic E-state index is 12.6. The lowest BCUT2D eigenvalue weighted by Crippen LogP contribution is -2.27. The van der Waals surface area contributed by atoms with Gasteiger partial charge in [-0.05, 0) is 42.8 Å². The number of anilines is 1. The fraction of sp³-hybridized carbons (Fsp3) is 0.235. The molecule has 0 aromatic heterocycles. The summed E-state index contributed by atoms with van der Waals surface area (Å²) in [5, 5.41) is 3.13. The van der Waals surface area contributed by atoms with Gasteiger partial charge in [0.15, 0.2) is 0 Å². The van der Waals surface area contributed by atoms with E-state index in [1.54, 1.807) is 31.2 Å². The highest BCUT2D eigenvalue weighted by molar-refractivity contribution is 7.89. The van der Waals surface area contributed by atoms with Crippen molar-refractivity contribution < 1.29 is 17.9 Å². The zero-order valence-corrected chi connectivity index (χ0v) is 15.6. The third-order valence-corrected chi connectivity index (χ3v) is 5.28. The molecule has 0 bridgehead atoms. The first-order valence-electron chi connectivity index (χ1n) is 7.46. The standard InChI is InChI=1S/C17H19ClN2O4S/c1-11(13-4-6-14(18)7-5-13)20-25(22,23)15-8-9-17(24-3)16(10-15)19-12(2)21/h4-11,20H,1-3H3,(H,19,21). The third-order valence-electron chi connectivity index (χ3n) is 3.49. The van der Waals surface area contributed by atoms with E-state index in [0.29, 0.717) is 10.8 Å². The summed E-state index contributed by atoms with van der Waals surface area (Å²) in [5.74, 6) is 0.0511.